The average Bonchev–Trinajstić information content (AvgIpc) is 2.52. The van der Waals surface area contributed by atoms with Crippen molar-refractivity contribution in [3.8, 4) is 0 Å². The number of halogens is 1. The lowest BCUT2D eigenvalue weighted by molar-refractivity contribution is -0.140. The van der Waals surface area contributed by atoms with E-state index in [4.69, 9.17) is 0 Å². The third-order valence-electron chi connectivity index (χ3n) is 3.17. The van der Waals surface area contributed by atoms with E-state index in [1.807, 2.05) is 13.0 Å². The number of aliphatic imine (C=N–C) groups is 1. The molecule has 1 aromatic rings. The van der Waals surface area contributed by atoms with Gasteiger partial charge in [-0.15, -0.1) is 24.0 Å². The number of nitrogens with zero attached hydrogens (tertiary/aromatic N) is 1. The second kappa shape index (κ2) is 13.2. The van der Waals surface area contributed by atoms with E-state index >= 15 is 0 Å². The molecule has 0 aliphatic rings. The standard InChI is InChI=1S/C17H27N3O2.HI/c1-4-18-17(19-11-6-5-10-16(21)22-3)20-13-15-9-7-8-14(2)12-15;/h7-9,12H,4-6,10-11,13H2,1-3H3,(H2,18,19,20);1H. The highest BCUT2D eigenvalue weighted by Crippen LogP contribution is 2.05. The number of hydrogen-bond acceptors (Lipinski definition) is 3. The van der Waals surface area contributed by atoms with Crippen LogP contribution in [0.2, 0.25) is 0 Å². The highest BCUT2D eigenvalue weighted by Gasteiger charge is 2.01. The largest absolute Gasteiger partial charge is 0.469 e. The van der Waals surface area contributed by atoms with Gasteiger partial charge in [0.25, 0.3) is 0 Å². The van der Waals surface area contributed by atoms with Gasteiger partial charge in [0.15, 0.2) is 5.96 Å². The first-order valence-corrected chi connectivity index (χ1v) is 7.80. The number of carbonyl (C=O) groups excluding carboxylic acids is 1. The summed E-state index contributed by atoms with van der Waals surface area (Å²) in [5.41, 5.74) is 2.44. The Kier molecular flexibility index (Phi) is 12.4. The molecular weight excluding hydrogens is 405 g/mol. The maximum atomic E-state index is 11.0. The second-order valence-electron chi connectivity index (χ2n) is 5.14. The van der Waals surface area contributed by atoms with Gasteiger partial charge in [0.1, 0.15) is 0 Å². The minimum Gasteiger partial charge on any atom is -0.469 e. The fourth-order valence-corrected chi connectivity index (χ4v) is 2.03. The van der Waals surface area contributed by atoms with Gasteiger partial charge in [-0.1, -0.05) is 29.8 Å². The van der Waals surface area contributed by atoms with Crippen molar-refractivity contribution in [3.05, 3.63) is 35.4 Å². The Balaban J connectivity index is 0.00000484. The summed E-state index contributed by atoms with van der Waals surface area (Å²) >= 11 is 0. The van der Waals surface area contributed by atoms with E-state index in [0.717, 1.165) is 31.9 Å². The van der Waals surface area contributed by atoms with Crippen molar-refractivity contribution >= 4 is 35.9 Å². The van der Waals surface area contributed by atoms with Crippen molar-refractivity contribution in [1.29, 1.82) is 0 Å². The van der Waals surface area contributed by atoms with Crippen molar-refractivity contribution in [1.82, 2.24) is 10.6 Å². The number of rotatable bonds is 8. The van der Waals surface area contributed by atoms with E-state index in [2.05, 4.69) is 45.5 Å². The summed E-state index contributed by atoms with van der Waals surface area (Å²) in [5, 5.41) is 6.51. The van der Waals surface area contributed by atoms with Gasteiger partial charge in [-0.3, -0.25) is 4.79 Å². The molecule has 1 rings (SSSR count). The van der Waals surface area contributed by atoms with Crippen molar-refractivity contribution < 1.29 is 9.53 Å². The zero-order valence-corrected chi connectivity index (χ0v) is 16.6. The Morgan fingerprint density at radius 3 is 2.70 bits per heavy atom. The van der Waals surface area contributed by atoms with Crippen LogP contribution in [0.3, 0.4) is 0 Å². The zero-order valence-electron chi connectivity index (χ0n) is 14.2. The molecule has 0 atom stereocenters. The number of esters is 1. The van der Waals surface area contributed by atoms with Crippen molar-refractivity contribution in [3.63, 3.8) is 0 Å². The van der Waals surface area contributed by atoms with Gasteiger partial charge < -0.3 is 15.4 Å². The molecule has 0 spiro atoms. The summed E-state index contributed by atoms with van der Waals surface area (Å²) in [6.07, 6.45) is 2.19. The molecule has 0 bridgehead atoms. The van der Waals surface area contributed by atoms with Crippen LogP contribution in [-0.2, 0) is 16.1 Å². The topological polar surface area (TPSA) is 62.7 Å². The van der Waals surface area contributed by atoms with Crippen LogP contribution in [0.4, 0.5) is 0 Å². The molecule has 0 aromatic heterocycles. The maximum absolute atomic E-state index is 11.0. The van der Waals surface area contributed by atoms with Crippen LogP contribution in [0.5, 0.6) is 0 Å². The molecule has 0 fully saturated rings. The summed E-state index contributed by atoms with van der Waals surface area (Å²) in [5.74, 6) is 0.655. The summed E-state index contributed by atoms with van der Waals surface area (Å²) in [7, 11) is 1.42. The SMILES string of the molecule is CCNC(=NCc1cccc(C)c1)NCCCCC(=O)OC.I. The van der Waals surface area contributed by atoms with E-state index in [9.17, 15) is 4.79 Å². The molecule has 0 unspecified atom stereocenters. The summed E-state index contributed by atoms with van der Waals surface area (Å²) in [4.78, 5) is 15.6. The first kappa shape index (κ1) is 21.7. The van der Waals surface area contributed by atoms with E-state index in [-0.39, 0.29) is 29.9 Å². The first-order valence-electron chi connectivity index (χ1n) is 7.80. The number of carbonyl (C=O) groups is 1. The Morgan fingerprint density at radius 2 is 2.04 bits per heavy atom. The minimum atomic E-state index is -0.153. The fourth-order valence-electron chi connectivity index (χ4n) is 2.03. The lowest BCUT2D eigenvalue weighted by Crippen LogP contribution is -2.37. The zero-order chi connectivity index (χ0) is 16.2. The summed E-state index contributed by atoms with van der Waals surface area (Å²) in [6.45, 7) is 6.39. The number of aryl methyl sites for hydroxylation is 1. The van der Waals surface area contributed by atoms with Crippen LogP contribution in [0, 0.1) is 6.92 Å². The molecule has 0 heterocycles. The third-order valence-corrected chi connectivity index (χ3v) is 3.17. The number of nitrogens with one attached hydrogen (secondary N) is 2. The smallest absolute Gasteiger partial charge is 0.305 e. The van der Waals surface area contributed by atoms with Gasteiger partial charge in [-0.25, -0.2) is 4.99 Å². The van der Waals surface area contributed by atoms with Gasteiger partial charge in [0, 0.05) is 19.5 Å². The van der Waals surface area contributed by atoms with Crippen molar-refractivity contribution in [2.75, 3.05) is 20.2 Å². The third kappa shape index (κ3) is 10.1. The number of methoxy groups -OCH3 is 1. The lowest BCUT2D eigenvalue weighted by Gasteiger charge is -2.11. The van der Waals surface area contributed by atoms with E-state index in [1.54, 1.807) is 0 Å². The van der Waals surface area contributed by atoms with Crippen LogP contribution >= 0.6 is 24.0 Å². The highest BCUT2D eigenvalue weighted by atomic mass is 127. The molecule has 1 aromatic carbocycles. The molecule has 0 saturated heterocycles. The quantitative estimate of drug-likeness (QED) is 0.218. The Labute approximate surface area is 156 Å². The summed E-state index contributed by atoms with van der Waals surface area (Å²) in [6, 6.07) is 8.35. The highest BCUT2D eigenvalue weighted by molar-refractivity contribution is 14.0. The minimum absolute atomic E-state index is 0. The molecule has 6 heteroatoms. The molecule has 0 saturated carbocycles. The predicted molar refractivity (Wildman–Crippen MR) is 105 cm³/mol. The van der Waals surface area contributed by atoms with Crippen LogP contribution in [0.1, 0.15) is 37.3 Å². The fraction of sp³-hybridized carbons (Fsp3) is 0.529. The molecule has 23 heavy (non-hydrogen) atoms. The van der Waals surface area contributed by atoms with Gasteiger partial charge in [-0.2, -0.15) is 0 Å². The summed E-state index contributed by atoms with van der Waals surface area (Å²) < 4.78 is 4.62. The molecule has 0 aliphatic heterocycles. The average molecular weight is 433 g/mol. The monoisotopic (exact) mass is 433 g/mol. The van der Waals surface area contributed by atoms with Crippen LogP contribution in [0.25, 0.3) is 0 Å². The van der Waals surface area contributed by atoms with Gasteiger partial charge in [0.05, 0.1) is 13.7 Å². The van der Waals surface area contributed by atoms with E-state index < -0.39 is 0 Å². The molecule has 130 valence electrons. The van der Waals surface area contributed by atoms with E-state index in [1.165, 1.54) is 18.2 Å². The van der Waals surface area contributed by atoms with Crippen molar-refractivity contribution in [2.45, 2.75) is 39.7 Å². The first-order chi connectivity index (χ1) is 10.7. The molecular formula is C17H28IN3O2. The number of benzene rings is 1. The maximum Gasteiger partial charge on any atom is 0.305 e. The normalized spacial score (nSPS) is 10.7. The Morgan fingerprint density at radius 1 is 1.26 bits per heavy atom. The number of guanidine groups is 1. The Hall–Kier alpha value is -1.31. The van der Waals surface area contributed by atoms with Crippen molar-refractivity contribution in [2.24, 2.45) is 4.99 Å². The van der Waals surface area contributed by atoms with Gasteiger partial charge in [0.2, 0.25) is 0 Å². The van der Waals surface area contributed by atoms with Gasteiger partial charge >= 0.3 is 5.97 Å². The predicted octanol–water partition coefficient (Wildman–Crippen LogP) is 3.01. The molecule has 2 N–H and O–H groups in total. The van der Waals surface area contributed by atoms with Crippen LogP contribution in [0.15, 0.2) is 29.3 Å². The molecule has 0 amide bonds. The second-order valence-corrected chi connectivity index (χ2v) is 5.14. The lowest BCUT2D eigenvalue weighted by atomic mass is 10.1. The Bertz CT molecular complexity index is 492. The number of hydrogen-bond donors (Lipinski definition) is 2. The molecule has 0 aliphatic carbocycles. The molecule has 5 nitrogen and oxygen atoms in total. The van der Waals surface area contributed by atoms with Gasteiger partial charge in [-0.05, 0) is 32.3 Å². The van der Waals surface area contributed by atoms with Crippen LogP contribution in [-0.4, -0.2) is 32.1 Å². The number of ether oxygens (including phenoxy) is 1. The number of unbranched alkanes of at least 4 members (excludes halogenated alkanes) is 1. The molecule has 0 radical (unpaired) electrons. The van der Waals surface area contributed by atoms with E-state index in [0.29, 0.717) is 13.0 Å². The van der Waals surface area contributed by atoms with Crippen LogP contribution < -0.4 is 10.6 Å².